The Kier molecular flexibility index (Phi) is 3.83. The van der Waals surface area contributed by atoms with Crippen LogP contribution in [-0.4, -0.2) is 22.7 Å². The average molecular weight is 245 g/mol. The van der Waals surface area contributed by atoms with Crippen molar-refractivity contribution in [2.45, 2.75) is 38.7 Å². The number of pyridine rings is 1. The van der Waals surface area contributed by atoms with Crippen molar-refractivity contribution in [1.29, 1.82) is 5.26 Å². The monoisotopic (exact) mass is 245 g/mol. The van der Waals surface area contributed by atoms with E-state index >= 15 is 0 Å². The van der Waals surface area contributed by atoms with Gasteiger partial charge in [0.1, 0.15) is 11.9 Å². The van der Waals surface area contributed by atoms with Crippen molar-refractivity contribution in [2.24, 2.45) is 5.41 Å². The third-order valence-corrected chi connectivity index (χ3v) is 3.85. The van der Waals surface area contributed by atoms with E-state index < -0.39 is 0 Å². The fourth-order valence-electron chi connectivity index (χ4n) is 2.44. The molecule has 0 saturated heterocycles. The van der Waals surface area contributed by atoms with Gasteiger partial charge in [0.25, 0.3) is 0 Å². The molecular weight excluding hydrogens is 226 g/mol. The Morgan fingerprint density at radius 1 is 1.56 bits per heavy atom. The lowest BCUT2D eigenvalue weighted by atomic mass is 9.73. The van der Waals surface area contributed by atoms with Gasteiger partial charge < -0.3 is 10.4 Å². The third-order valence-electron chi connectivity index (χ3n) is 3.85. The molecule has 18 heavy (non-hydrogen) atoms. The SMILES string of the molecule is CC1(CNc2ccc(C#N)cn2)CCCCC1O. The lowest BCUT2D eigenvalue weighted by Crippen LogP contribution is -2.41. The molecule has 1 aliphatic carbocycles. The van der Waals surface area contributed by atoms with Gasteiger partial charge in [0, 0.05) is 18.2 Å². The normalized spacial score (nSPS) is 27.5. The van der Waals surface area contributed by atoms with E-state index in [-0.39, 0.29) is 11.5 Å². The molecule has 2 rings (SSSR count). The molecule has 4 heteroatoms. The number of rotatable bonds is 3. The second kappa shape index (κ2) is 5.36. The van der Waals surface area contributed by atoms with Gasteiger partial charge >= 0.3 is 0 Å². The first-order chi connectivity index (χ1) is 8.64. The van der Waals surface area contributed by atoms with Crippen LogP contribution in [0.3, 0.4) is 0 Å². The van der Waals surface area contributed by atoms with E-state index in [0.717, 1.165) is 25.1 Å². The zero-order valence-corrected chi connectivity index (χ0v) is 10.7. The van der Waals surface area contributed by atoms with Crippen LogP contribution in [0.4, 0.5) is 5.82 Å². The maximum Gasteiger partial charge on any atom is 0.125 e. The molecule has 1 saturated carbocycles. The molecule has 0 aromatic carbocycles. The summed E-state index contributed by atoms with van der Waals surface area (Å²) in [5.74, 6) is 0.757. The summed E-state index contributed by atoms with van der Waals surface area (Å²) in [5, 5.41) is 22.0. The fraction of sp³-hybridized carbons (Fsp3) is 0.571. The lowest BCUT2D eigenvalue weighted by molar-refractivity contribution is 0.00958. The molecule has 0 aliphatic heterocycles. The Morgan fingerprint density at radius 2 is 2.39 bits per heavy atom. The zero-order valence-electron chi connectivity index (χ0n) is 10.7. The topological polar surface area (TPSA) is 68.9 Å². The summed E-state index contributed by atoms with van der Waals surface area (Å²) in [6.07, 6.45) is 5.54. The highest BCUT2D eigenvalue weighted by atomic mass is 16.3. The number of nitrogens with one attached hydrogen (secondary N) is 1. The first-order valence-electron chi connectivity index (χ1n) is 6.42. The van der Waals surface area contributed by atoms with Gasteiger partial charge in [-0.25, -0.2) is 4.98 Å². The molecule has 1 aliphatic rings. The first-order valence-corrected chi connectivity index (χ1v) is 6.42. The molecule has 2 N–H and O–H groups in total. The van der Waals surface area contributed by atoms with E-state index in [2.05, 4.69) is 17.2 Å². The van der Waals surface area contributed by atoms with Crippen LogP contribution in [0.5, 0.6) is 0 Å². The number of aliphatic hydroxyl groups excluding tert-OH is 1. The van der Waals surface area contributed by atoms with Crippen molar-refractivity contribution < 1.29 is 5.11 Å². The molecule has 2 atom stereocenters. The van der Waals surface area contributed by atoms with Crippen molar-refractivity contribution in [3.8, 4) is 6.07 Å². The summed E-state index contributed by atoms with van der Waals surface area (Å²) in [5.41, 5.74) is 0.484. The molecule has 4 nitrogen and oxygen atoms in total. The van der Waals surface area contributed by atoms with Gasteiger partial charge in [-0.2, -0.15) is 5.26 Å². The Hall–Kier alpha value is -1.60. The predicted molar refractivity (Wildman–Crippen MR) is 70.0 cm³/mol. The molecule has 0 amide bonds. The second-order valence-electron chi connectivity index (χ2n) is 5.31. The fourth-order valence-corrected chi connectivity index (χ4v) is 2.44. The molecule has 2 unspecified atom stereocenters. The average Bonchev–Trinajstić information content (AvgIpc) is 2.41. The highest BCUT2D eigenvalue weighted by Gasteiger charge is 2.35. The van der Waals surface area contributed by atoms with Gasteiger partial charge in [0.05, 0.1) is 11.7 Å². The summed E-state index contributed by atoms with van der Waals surface area (Å²) in [6, 6.07) is 5.59. The minimum atomic E-state index is -0.239. The smallest absolute Gasteiger partial charge is 0.125 e. The summed E-state index contributed by atoms with van der Waals surface area (Å²) in [7, 11) is 0. The number of nitrogens with zero attached hydrogens (tertiary/aromatic N) is 2. The number of aromatic nitrogens is 1. The standard InChI is InChI=1S/C14H19N3O/c1-14(7-3-2-4-12(14)18)10-17-13-6-5-11(8-15)9-16-13/h5-6,9,12,18H,2-4,7,10H2,1H3,(H,16,17). The number of hydrogen-bond acceptors (Lipinski definition) is 4. The Morgan fingerprint density at radius 3 is 3.00 bits per heavy atom. The van der Waals surface area contributed by atoms with Crippen LogP contribution in [-0.2, 0) is 0 Å². The van der Waals surface area contributed by atoms with Gasteiger partial charge in [-0.15, -0.1) is 0 Å². The molecule has 1 fully saturated rings. The van der Waals surface area contributed by atoms with Crippen molar-refractivity contribution in [1.82, 2.24) is 4.98 Å². The summed E-state index contributed by atoms with van der Waals surface area (Å²) in [6.45, 7) is 2.83. The maximum atomic E-state index is 10.1. The largest absolute Gasteiger partial charge is 0.392 e. The number of hydrogen-bond donors (Lipinski definition) is 2. The van der Waals surface area contributed by atoms with Crippen LogP contribution >= 0.6 is 0 Å². The second-order valence-corrected chi connectivity index (χ2v) is 5.31. The van der Waals surface area contributed by atoms with E-state index in [1.54, 1.807) is 18.3 Å². The van der Waals surface area contributed by atoms with Crippen LogP contribution in [0.1, 0.15) is 38.2 Å². The Labute approximate surface area is 108 Å². The molecule has 0 bridgehead atoms. The number of aliphatic hydroxyl groups is 1. The van der Waals surface area contributed by atoms with Gasteiger partial charge in [-0.05, 0) is 25.0 Å². The Balaban J connectivity index is 1.95. The summed E-state index contributed by atoms with van der Waals surface area (Å²) >= 11 is 0. The molecule has 1 heterocycles. The van der Waals surface area contributed by atoms with Crippen molar-refractivity contribution in [3.63, 3.8) is 0 Å². The lowest BCUT2D eigenvalue weighted by Gasteiger charge is -2.38. The predicted octanol–water partition coefficient (Wildman–Crippen LogP) is 2.31. The van der Waals surface area contributed by atoms with Gasteiger partial charge in [-0.1, -0.05) is 19.8 Å². The molecule has 96 valence electrons. The third kappa shape index (κ3) is 2.80. The van der Waals surface area contributed by atoms with Crippen LogP contribution in [0.15, 0.2) is 18.3 Å². The van der Waals surface area contributed by atoms with Gasteiger partial charge in [-0.3, -0.25) is 0 Å². The van der Waals surface area contributed by atoms with Crippen molar-refractivity contribution >= 4 is 5.82 Å². The highest BCUT2D eigenvalue weighted by Crippen LogP contribution is 2.36. The van der Waals surface area contributed by atoms with Crippen molar-refractivity contribution in [2.75, 3.05) is 11.9 Å². The van der Waals surface area contributed by atoms with Crippen LogP contribution in [0.2, 0.25) is 0 Å². The zero-order chi connectivity index (χ0) is 13.0. The molecule has 0 radical (unpaired) electrons. The summed E-state index contributed by atoms with van der Waals surface area (Å²) < 4.78 is 0. The first kappa shape index (κ1) is 12.8. The molecule has 0 spiro atoms. The highest BCUT2D eigenvalue weighted by molar-refractivity contribution is 5.39. The van der Waals surface area contributed by atoms with Crippen molar-refractivity contribution in [3.05, 3.63) is 23.9 Å². The van der Waals surface area contributed by atoms with E-state index in [4.69, 9.17) is 5.26 Å². The maximum absolute atomic E-state index is 10.1. The van der Waals surface area contributed by atoms with E-state index in [9.17, 15) is 5.11 Å². The van der Waals surface area contributed by atoms with E-state index in [0.29, 0.717) is 12.1 Å². The Bertz CT molecular complexity index is 437. The molecular formula is C14H19N3O. The van der Waals surface area contributed by atoms with Gasteiger partial charge in [0.2, 0.25) is 0 Å². The molecule has 1 aromatic rings. The van der Waals surface area contributed by atoms with Crippen LogP contribution in [0.25, 0.3) is 0 Å². The minimum Gasteiger partial charge on any atom is -0.392 e. The minimum absolute atomic E-state index is 0.0756. The quantitative estimate of drug-likeness (QED) is 0.857. The number of anilines is 1. The van der Waals surface area contributed by atoms with E-state index in [1.807, 2.05) is 6.07 Å². The van der Waals surface area contributed by atoms with Crippen LogP contribution < -0.4 is 5.32 Å². The van der Waals surface area contributed by atoms with E-state index in [1.165, 1.54) is 6.42 Å². The van der Waals surface area contributed by atoms with Gasteiger partial charge in [0.15, 0.2) is 0 Å². The summed E-state index contributed by atoms with van der Waals surface area (Å²) in [4.78, 5) is 4.17. The number of nitriles is 1. The van der Waals surface area contributed by atoms with Crippen LogP contribution in [0, 0.1) is 16.7 Å². The molecule has 1 aromatic heterocycles.